The molecule has 0 amide bonds. The lowest BCUT2D eigenvalue weighted by atomic mass is 9.93. The van der Waals surface area contributed by atoms with Gasteiger partial charge in [-0.15, -0.1) is 0 Å². The van der Waals surface area contributed by atoms with Crippen molar-refractivity contribution in [2.24, 2.45) is 0 Å². The number of benzene rings is 5. The SMILES string of the molecule is Cc1cc(Oc2cccc(F)c2F)ccc1-c1cccc2cc3ccccc3cc12. The van der Waals surface area contributed by atoms with E-state index in [0.717, 1.165) is 22.8 Å². The third-order valence-corrected chi connectivity index (χ3v) is 5.38. The van der Waals surface area contributed by atoms with Crippen LogP contribution in [-0.2, 0) is 0 Å². The van der Waals surface area contributed by atoms with Crippen LogP contribution in [-0.4, -0.2) is 0 Å². The molecular weight excluding hydrogens is 378 g/mol. The van der Waals surface area contributed by atoms with Crippen LogP contribution in [0, 0.1) is 18.6 Å². The van der Waals surface area contributed by atoms with E-state index in [1.807, 2.05) is 31.2 Å². The minimum atomic E-state index is -0.986. The molecule has 3 heteroatoms. The zero-order chi connectivity index (χ0) is 20.7. The fraction of sp³-hybridized carbons (Fsp3) is 0.0370. The molecule has 0 spiro atoms. The molecule has 0 aliphatic carbocycles. The van der Waals surface area contributed by atoms with E-state index in [9.17, 15) is 8.78 Å². The van der Waals surface area contributed by atoms with Crippen molar-refractivity contribution in [3.05, 3.63) is 108 Å². The van der Waals surface area contributed by atoms with Crippen LogP contribution in [0.25, 0.3) is 32.7 Å². The van der Waals surface area contributed by atoms with Crippen LogP contribution >= 0.6 is 0 Å². The van der Waals surface area contributed by atoms with Gasteiger partial charge in [0.15, 0.2) is 11.6 Å². The lowest BCUT2D eigenvalue weighted by molar-refractivity contribution is 0.416. The Morgan fingerprint density at radius 3 is 2.17 bits per heavy atom. The average Bonchev–Trinajstić information content (AvgIpc) is 2.75. The topological polar surface area (TPSA) is 9.23 Å². The third kappa shape index (κ3) is 3.18. The Hall–Kier alpha value is -3.72. The van der Waals surface area contributed by atoms with Crippen molar-refractivity contribution in [3.63, 3.8) is 0 Å². The highest BCUT2D eigenvalue weighted by molar-refractivity contribution is 6.05. The molecule has 0 atom stereocenters. The molecule has 0 aromatic heterocycles. The van der Waals surface area contributed by atoms with E-state index in [-0.39, 0.29) is 5.75 Å². The van der Waals surface area contributed by atoms with Crippen molar-refractivity contribution < 1.29 is 13.5 Å². The lowest BCUT2D eigenvalue weighted by Crippen LogP contribution is -1.93. The third-order valence-electron chi connectivity index (χ3n) is 5.38. The van der Waals surface area contributed by atoms with Gasteiger partial charge in [0.2, 0.25) is 5.82 Å². The van der Waals surface area contributed by atoms with Gasteiger partial charge in [-0.05, 0) is 81.6 Å². The maximum Gasteiger partial charge on any atom is 0.201 e. The van der Waals surface area contributed by atoms with Gasteiger partial charge in [0.1, 0.15) is 5.75 Å². The largest absolute Gasteiger partial charge is 0.454 e. The number of ether oxygens (including phenoxy) is 1. The lowest BCUT2D eigenvalue weighted by Gasteiger charge is -2.13. The first-order chi connectivity index (χ1) is 14.6. The van der Waals surface area contributed by atoms with E-state index in [4.69, 9.17) is 4.74 Å². The first-order valence-electron chi connectivity index (χ1n) is 9.74. The average molecular weight is 396 g/mol. The normalized spacial score (nSPS) is 11.2. The van der Waals surface area contributed by atoms with E-state index in [1.165, 1.54) is 33.7 Å². The summed E-state index contributed by atoms with van der Waals surface area (Å²) in [5, 5.41) is 4.74. The molecule has 0 aliphatic rings. The fourth-order valence-electron chi connectivity index (χ4n) is 3.89. The second-order valence-electron chi connectivity index (χ2n) is 7.36. The highest BCUT2D eigenvalue weighted by Crippen LogP contribution is 2.36. The molecule has 0 aliphatic heterocycles. The summed E-state index contributed by atoms with van der Waals surface area (Å²) in [7, 11) is 0. The van der Waals surface area contributed by atoms with E-state index in [2.05, 4.69) is 42.5 Å². The van der Waals surface area contributed by atoms with E-state index in [0.29, 0.717) is 5.75 Å². The monoisotopic (exact) mass is 396 g/mol. The molecular formula is C27H18F2O. The first kappa shape index (κ1) is 18.3. The van der Waals surface area contributed by atoms with E-state index in [1.54, 1.807) is 6.07 Å². The molecule has 5 aromatic carbocycles. The first-order valence-corrected chi connectivity index (χ1v) is 9.74. The van der Waals surface area contributed by atoms with Crippen LogP contribution in [0.2, 0.25) is 0 Å². The van der Waals surface area contributed by atoms with E-state index >= 15 is 0 Å². The van der Waals surface area contributed by atoms with Crippen LogP contribution < -0.4 is 4.74 Å². The van der Waals surface area contributed by atoms with Crippen LogP contribution in [0.15, 0.2) is 91.0 Å². The number of halogens is 2. The van der Waals surface area contributed by atoms with Gasteiger partial charge in [0, 0.05) is 0 Å². The van der Waals surface area contributed by atoms with Crippen LogP contribution in [0.4, 0.5) is 8.78 Å². The number of hydrogen-bond acceptors (Lipinski definition) is 1. The molecule has 0 unspecified atom stereocenters. The molecule has 0 saturated heterocycles. The van der Waals surface area contributed by atoms with Gasteiger partial charge in [-0.3, -0.25) is 0 Å². The van der Waals surface area contributed by atoms with Crippen LogP contribution in [0.1, 0.15) is 5.56 Å². The summed E-state index contributed by atoms with van der Waals surface area (Å²) < 4.78 is 33.0. The molecule has 30 heavy (non-hydrogen) atoms. The van der Waals surface area contributed by atoms with Crippen molar-refractivity contribution in [1.29, 1.82) is 0 Å². The Morgan fingerprint density at radius 2 is 1.37 bits per heavy atom. The molecule has 0 radical (unpaired) electrons. The Kier molecular flexibility index (Phi) is 4.44. The van der Waals surface area contributed by atoms with Crippen LogP contribution in [0.3, 0.4) is 0 Å². The maximum absolute atomic E-state index is 13.9. The second-order valence-corrected chi connectivity index (χ2v) is 7.36. The summed E-state index contributed by atoms with van der Waals surface area (Å²) in [5.41, 5.74) is 3.19. The highest BCUT2D eigenvalue weighted by atomic mass is 19.2. The van der Waals surface area contributed by atoms with Crippen molar-refractivity contribution in [2.45, 2.75) is 6.92 Å². The molecule has 0 fully saturated rings. The Labute approximate surface area is 173 Å². The molecule has 0 saturated carbocycles. The van der Waals surface area contributed by atoms with Crippen molar-refractivity contribution in [1.82, 2.24) is 0 Å². The Morgan fingerprint density at radius 1 is 0.633 bits per heavy atom. The number of rotatable bonds is 3. The standard InChI is InChI=1S/C27H18F2O/c1-17-14-21(30-26-11-5-10-25(28)27(26)29)12-13-22(17)23-9-4-8-20-15-18-6-2-3-7-19(18)16-24(20)23/h2-16H,1H3. The van der Waals surface area contributed by atoms with Gasteiger partial charge in [-0.25, -0.2) is 4.39 Å². The molecule has 0 bridgehead atoms. The van der Waals surface area contributed by atoms with Crippen molar-refractivity contribution in [2.75, 3.05) is 0 Å². The van der Waals surface area contributed by atoms with E-state index < -0.39 is 11.6 Å². The zero-order valence-corrected chi connectivity index (χ0v) is 16.3. The van der Waals surface area contributed by atoms with Gasteiger partial charge in [0.05, 0.1) is 0 Å². The quantitative estimate of drug-likeness (QED) is 0.280. The zero-order valence-electron chi connectivity index (χ0n) is 16.3. The number of hydrogen-bond donors (Lipinski definition) is 0. The maximum atomic E-state index is 13.9. The van der Waals surface area contributed by atoms with Gasteiger partial charge >= 0.3 is 0 Å². The summed E-state index contributed by atoms with van der Waals surface area (Å²) in [6, 6.07) is 28.5. The summed E-state index contributed by atoms with van der Waals surface area (Å²) in [5.74, 6) is -1.57. The molecule has 1 nitrogen and oxygen atoms in total. The number of fused-ring (bicyclic) bond motifs is 2. The summed E-state index contributed by atoms with van der Waals surface area (Å²) in [4.78, 5) is 0. The molecule has 5 aromatic rings. The molecule has 0 N–H and O–H groups in total. The van der Waals surface area contributed by atoms with Gasteiger partial charge in [0.25, 0.3) is 0 Å². The Bertz CT molecular complexity index is 1410. The second kappa shape index (κ2) is 7.27. The molecule has 0 heterocycles. The smallest absolute Gasteiger partial charge is 0.201 e. The van der Waals surface area contributed by atoms with Crippen molar-refractivity contribution >= 4 is 21.5 Å². The van der Waals surface area contributed by atoms with Crippen molar-refractivity contribution in [3.8, 4) is 22.6 Å². The predicted octanol–water partition coefficient (Wildman–Crippen LogP) is 8.04. The van der Waals surface area contributed by atoms with Crippen LogP contribution in [0.5, 0.6) is 11.5 Å². The fourth-order valence-corrected chi connectivity index (χ4v) is 3.89. The number of aryl methyl sites for hydroxylation is 1. The highest BCUT2D eigenvalue weighted by Gasteiger charge is 2.12. The van der Waals surface area contributed by atoms with Gasteiger partial charge < -0.3 is 4.74 Å². The summed E-state index contributed by atoms with van der Waals surface area (Å²) in [6.07, 6.45) is 0. The van der Waals surface area contributed by atoms with Gasteiger partial charge in [-0.2, -0.15) is 4.39 Å². The minimum Gasteiger partial charge on any atom is -0.454 e. The summed E-state index contributed by atoms with van der Waals surface area (Å²) >= 11 is 0. The minimum absolute atomic E-state index is 0.126. The van der Waals surface area contributed by atoms with Gasteiger partial charge in [-0.1, -0.05) is 54.6 Å². The molecule has 146 valence electrons. The molecule has 5 rings (SSSR count). The summed E-state index contributed by atoms with van der Waals surface area (Å²) in [6.45, 7) is 1.99. The predicted molar refractivity (Wildman–Crippen MR) is 118 cm³/mol. The Balaban J connectivity index is 1.58.